The van der Waals surface area contributed by atoms with E-state index in [1.54, 1.807) is 12.1 Å². The Hall–Kier alpha value is -2.76. The summed E-state index contributed by atoms with van der Waals surface area (Å²) in [5, 5.41) is 1.01. The summed E-state index contributed by atoms with van der Waals surface area (Å²) in [4.78, 5) is 10.6. The lowest BCUT2D eigenvalue weighted by Crippen LogP contribution is -2.12. The van der Waals surface area contributed by atoms with Crippen molar-refractivity contribution in [3.63, 3.8) is 0 Å². The van der Waals surface area contributed by atoms with Crippen molar-refractivity contribution in [2.45, 2.75) is 70.7 Å². The van der Waals surface area contributed by atoms with Gasteiger partial charge in [0.1, 0.15) is 18.6 Å². The quantitative estimate of drug-likeness (QED) is 0.273. The van der Waals surface area contributed by atoms with Crippen molar-refractivity contribution in [3.8, 4) is 5.75 Å². The monoisotopic (exact) mass is 443 g/mol. The highest BCUT2D eigenvalue weighted by Crippen LogP contribution is 2.42. The van der Waals surface area contributed by atoms with Gasteiger partial charge in [-0.1, -0.05) is 25.0 Å². The third-order valence-corrected chi connectivity index (χ3v) is 6.37. The van der Waals surface area contributed by atoms with Crippen LogP contribution in [-0.2, 0) is 24.1 Å². The Morgan fingerprint density at radius 2 is 1.91 bits per heavy atom. The summed E-state index contributed by atoms with van der Waals surface area (Å²) < 4.78 is 49.2. The summed E-state index contributed by atoms with van der Waals surface area (Å²) in [7, 11) is 0. The van der Waals surface area contributed by atoms with Crippen LogP contribution in [0.2, 0.25) is 0 Å². The number of carbonyl (C=O) groups is 1. The first kappa shape index (κ1) is 22.4. The lowest BCUT2D eigenvalue weighted by molar-refractivity contribution is -0.138. The highest BCUT2D eigenvalue weighted by molar-refractivity contribution is 5.84. The molecule has 1 aliphatic rings. The molecule has 0 aliphatic heterocycles. The third kappa shape index (κ3) is 4.84. The number of halogens is 3. The summed E-state index contributed by atoms with van der Waals surface area (Å²) >= 11 is 0. The highest BCUT2D eigenvalue weighted by atomic mass is 19.4. The van der Waals surface area contributed by atoms with Gasteiger partial charge < -0.3 is 14.1 Å². The third-order valence-electron chi connectivity index (χ3n) is 6.37. The van der Waals surface area contributed by atoms with Crippen LogP contribution in [0.15, 0.2) is 42.6 Å². The molecule has 3 nitrogen and oxygen atoms in total. The number of hydrogen-bond acceptors (Lipinski definition) is 2. The van der Waals surface area contributed by atoms with Crippen LogP contribution >= 0.6 is 0 Å². The summed E-state index contributed by atoms with van der Waals surface area (Å²) in [6, 6.07) is 10.5. The van der Waals surface area contributed by atoms with Crippen molar-refractivity contribution in [3.05, 3.63) is 64.8 Å². The first-order valence-electron chi connectivity index (χ1n) is 11.2. The molecule has 1 aliphatic carbocycles. The average Bonchev–Trinajstić information content (AvgIpc) is 3.42. The van der Waals surface area contributed by atoms with Crippen LogP contribution in [0.25, 0.3) is 10.9 Å². The van der Waals surface area contributed by atoms with Gasteiger partial charge in [-0.25, -0.2) is 0 Å². The topological polar surface area (TPSA) is 31.2 Å². The van der Waals surface area contributed by atoms with Gasteiger partial charge in [-0.05, 0) is 73.1 Å². The molecule has 32 heavy (non-hydrogen) atoms. The van der Waals surface area contributed by atoms with Crippen LogP contribution in [0.3, 0.4) is 0 Å². The van der Waals surface area contributed by atoms with Crippen molar-refractivity contribution in [1.82, 2.24) is 4.57 Å². The molecule has 0 radical (unpaired) electrons. The fourth-order valence-corrected chi connectivity index (χ4v) is 4.85. The molecule has 0 spiro atoms. The van der Waals surface area contributed by atoms with Gasteiger partial charge >= 0.3 is 6.18 Å². The lowest BCUT2D eigenvalue weighted by atomic mass is 9.91. The van der Waals surface area contributed by atoms with Gasteiger partial charge in [0.15, 0.2) is 0 Å². The van der Waals surface area contributed by atoms with Gasteiger partial charge in [0.05, 0.1) is 11.1 Å². The van der Waals surface area contributed by atoms with E-state index in [2.05, 4.69) is 4.57 Å². The van der Waals surface area contributed by atoms with E-state index in [1.165, 1.54) is 6.07 Å². The molecular weight excluding hydrogens is 415 g/mol. The van der Waals surface area contributed by atoms with Crippen LogP contribution in [0.4, 0.5) is 13.2 Å². The van der Waals surface area contributed by atoms with E-state index in [-0.39, 0.29) is 12.5 Å². The summed E-state index contributed by atoms with van der Waals surface area (Å²) in [5.41, 5.74) is 2.53. The van der Waals surface area contributed by atoms with Gasteiger partial charge in [0.2, 0.25) is 0 Å². The molecule has 3 aromatic rings. The number of aromatic nitrogens is 1. The normalized spacial score (nSPS) is 14.9. The minimum Gasteiger partial charge on any atom is -0.489 e. The van der Waals surface area contributed by atoms with E-state index in [0.29, 0.717) is 23.3 Å². The van der Waals surface area contributed by atoms with Gasteiger partial charge in [0.25, 0.3) is 0 Å². The van der Waals surface area contributed by atoms with Crippen LogP contribution in [0.1, 0.15) is 66.7 Å². The zero-order chi connectivity index (χ0) is 22.7. The van der Waals surface area contributed by atoms with Crippen molar-refractivity contribution >= 4 is 17.2 Å². The fourth-order valence-electron chi connectivity index (χ4n) is 4.85. The largest absolute Gasteiger partial charge is 0.489 e. The molecule has 6 heteroatoms. The Bertz CT molecular complexity index is 1090. The van der Waals surface area contributed by atoms with Crippen molar-refractivity contribution in [2.75, 3.05) is 0 Å². The van der Waals surface area contributed by atoms with Crippen LogP contribution in [0, 0.1) is 6.92 Å². The molecule has 0 atom stereocenters. The standard InChI is InChI=1S/C26H28F3NO2/c1-18-14-22(16-21-10-12-30(25(18)21)11-4-5-13-31)32-17-19-8-9-23(20-6-2-3-7-20)24(15-19)26(27,28)29/h8-10,12-16,20H,2-7,11,17H2,1H3. The summed E-state index contributed by atoms with van der Waals surface area (Å²) in [5.74, 6) is 0.635. The minimum atomic E-state index is -4.36. The van der Waals surface area contributed by atoms with Crippen molar-refractivity contribution in [2.24, 2.45) is 0 Å². The zero-order valence-corrected chi connectivity index (χ0v) is 18.3. The highest BCUT2D eigenvalue weighted by Gasteiger charge is 2.36. The number of hydrogen-bond donors (Lipinski definition) is 0. The van der Waals surface area contributed by atoms with E-state index in [9.17, 15) is 18.0 Å². The lowest BCUT2D eigenvalue weighted by Gasteiger charge is -2.19. The SMILES string of the molecule is Cc1cc(OCc2ccc(C3CCCC3)c(C(F)(F)F)c2)cc2ccn(CCCC=O)c12. The summed E-state index contributed by atoms with van der Waals surface area (Å²) in [6.45, 7) is 2.83. The number of ether oxygens (including phenoxy) is 1. The first-order valence-corrected chi connectivity index (χ1v) is 11.2. The predicted octanol–water partition coefficient (Wildman–Crippen LogP) is 7.18. The number of nitrogens with zero attached hydrogens (tertiary/aromatic N) is 1. The molecule has 170 valence electrons. The molecule has 0 bridgehead atoms. The maximum atomic E-state index is 13.7. The second-order valence-electron chi connectivity index (χ2n) is 8.69. The first-order chi connectivity index (χ1) is 15.4. The Balaban J connectivity index is 1.52. The molecule has 0 amide bonds. The number of fused-ring (bicyclic) bond motifs is 1. The van der Waals surface area contributed by atoms with E-state index in [0.717, 1.165) is 61.4 Å². The molecule has 1 fully saturated rings. The number of rotatable bonds is 8. The van der Waals surface area contributed by atoms with E-state index in [4.69, 9.17) is 4.74 Å². The zero-order valence-electron chi connectivity index (χ0n) is 18.3. The number of carbonyl (C=O) groups excluding carboxylic acids is 1. The molecule has 1 heterocycles. The number of aryl methyl sites for hydroxylation is 2. The van der Waals surface area contributed by atoms with Crippen LogP contribution in [-0.4, -0.2) is 10.9 Å². The molecular formula is C26H28F3NO2. The van der Waals surface area contributed by atoms with Gasteiger partial charge in [-0.2, -0.15) is 13.2 Å². The van der Waals surface area contributed by atoms with Gasteiger partial charge in [-0.15, -0.1) is 0 Å². The second kappa shape index (κ2) is 9.39. The number of benzene rings is 2. The Morgan fingerprint density at radius 1 is 1.12 bits per heavy atom. The molecule has 0 N–H and O–H groups in total. The van der Waals surface area contributed by atoms with Crippen LogP contribution in [0.5, 0.6) is 5.75 Å². The number of alkyl halides is 3. The van der Waals surface area contributed by atoms with Crippen LogP contribution < -0.4 is 4.74 Å². The molecule has 1 saturated carbocycles. The minimum absolute atomic E-state index is 0.00205. The van der Waals surface area contributed by atoms with Crippen molar-refractivity contribution in [1.29, 1.82) is 0 Å². The Labute approximate surface area is 186 Å². The molecule has 4 rings (SSSR count). The van der Waals surface area contributed by atoms with E-state index >= 15 is 0 Å². The molecule has 0 saturated heterocycles. The maximum absolute atomic E-state index is 13.7. The smallest absolute Gasteiger partial charge is 0.416 e. The number of aldehydes is 1. The maximum Gasteiger partial charge on any atom is 0.416 e. The molecule has 1 aromatic heterocycles. The number of unbranched alkanes of at least 4 members (excludes halogenated alkanes) is 1. The molecule has 0 unspecified atom stereocenters. The average molecular weight is 444 g/mol. The van der Waals surface area contributed by atoms with E-state index in [1.807, 2.05) is 31.3 Å². The predicted molar refractivity (Wildman–Crippen MR) is 119 cm³/mol. The fraction of sp³-hybridized carbons (Fsp3) is 0.423. The Kier molecular flexibility index (Phi) is 6.58. The van der Waals surface area contributed by atoms with Gasteiger partial charge in [-0.3, -0.25) is 0 Å². The van der Waals surface area contributed by atoms with Crippen molar-refractivity contribution < 1.29 is 22.7 Å². The van der Waals surface area contributed by atoms with E-state index < -0.39 is 11.7 Å². The van der Waals surface area contributed by atoms with Gasteiger partial charge in [0, 0.05) is 24.5 Å². The molecule has 2 aromatic carbocycles. The summed E-state index contributed by atoms with van der Waals surface area (Å²) in [6.07, 6.45) is 3.50. The second-order valence-corrected chi connectivity index (χ2v) is 8.69. The Morgan fingerprint density at radius 3 is 2.62 bits per heavy atom.